The predicted octanol–water partition coefficient (Wildman–Crippen LogP) is 4.73. The number of imidazole rings is 1. The van der Waals surface area contributed by atoms with Crippen LogP contribution < -0.4 is 0 Å². The molecule has 0 radical (unpaired) electrons. The van der Waals surface area contributed by atoms with Crippen LogP contribution in [0, 0.1) is 0 Å². The van der Waals surface area contributed by atoms with Crippen LogP contribution in [0.2, 0.25) is 0 Å². The van der Waals surface area contributed by atoms with E-state index in [-0.39, 0.29) is 0 Å². The number of H-pyrrole nitrogens is 1. The number of hydrogen-bond acceptors (Lipinski definition) is 3. The van der Waals surface area contributed by atoms with Gasteiger partial charge in [0, 0.05) is 31.3 Å². The van der Waals surface area contributed by atoms with Gasteiger partial charge in [-0.15, -0.1) is 0 Å². The van der Waals surface area contributed by atoms with E-state index in [2.05, 4.69) is 53.5 Å². The van der Waals surface area contributed by atoms with E-state index in [9.17, 15) is 0 Å². The Kier molecular flexibility index (Phi) is 6.99. The average Bonchev–Trinajstić information content (AvgIpc) is 3.13. The standard InChI is InChI=1S/C22H26N2O2/c1-25-16-17-26-15-9-8-14-20-23-21(18-10-4-2-5-11-18)22(24-20)19-12-6-3-7-13-19/h2-7,10-13H,8-9,14-17H2,1H3,(H,23,24). The Balaban J connectivity index is 1.69. The Morgan fingerprint density at radius 1 is 0.808 bits per heavy atom. The molecule has 1 aromatic heterocycles. The molecule has 0 atom stereocenters. The fraction of sp³-hybridized carbons (Fsp3) is 0.318. The molecule has 0 aliphatic carbocycles. The lowest BCUT2D eigenvalue weighted by molar-refractivity contribution is 0.0688. The normalized spacial score (nSPS) is 11.0. The molecular formula is C22H26N2O2. The van der Waals surface area contributed by atoms with Crippen molar-refractivity contribution in [2.45, 2.75) is 19.3 Å². The van der Waals surface area contributed by atoms with E-state index in [4.69, 9.17) is 14.5 Å². The minimum atomic E-state index is 0.652. The van der Waals surface area contributed by atoms with Gasteiger partial charge < -0.3 is 14.5 Å². The summed E-state index contributed by atoms with van der Waals surface area (Å²) in [5.74, 6) is 1.03. The van der Waals surface area contributed by atoms with Gasteiger partial charge in [-0.05, 0) is 12.8 Å². The van der Waals surface area contributed by atoms with Crippen molar-refractivity contribution in [1.29, 1.82) is 0 Å². The molecule has 2 aromatic carbocycles. The monoisotopic (exact) mass is 350 g/mol. The number of rotatable bonds is 10. The van der Waals surface area contributed by atoms with Crippen LogP contribution in [0.15, 0.2) is 60.7 Å². The van der Waals surface area contributed by atoms with Crippen LogP contribution in [-0.2, 0) is 15.9 Å². The molecule has 0 unspecified atom stereocenters. The first-order chi connectivity index (χ1) is 12.9. The number of aromatic amines is 1. The highest BCUT2D eigenvalue weighted by Crippen LogP contribution is 2.30. The molecule has 3 rings (SSSR count). The largest absolute Gasteiger partial charge is 0.382 e. The van der Waals surface area contributed by atoms with Crippen molar-refractivity contribution in [3.63, 3.8) is 0 Å². The second kappa shape index (κ2) is 9.90. The maximum Gasteiger partial charge on any atom is 0.107 e. The van der Waals surface area contributed by atoms with E-state index in [0.717, 1.165) is 54.2 Å². The highest BCUT2D eigenvalue weighted by atomic mass is 16.5. The summed E-state index contributed by atoms with van der Waals surface area (Å²) in [6.45, 7) is 2.08. The van der Waals surface area contributed by atoms with Crippen molar-refractivity contribution in [2.75, 3.05) is 26.9 Å². The van der Waals surface area contributed by atoms with Gasteiger partial charge in [-0.1, -0.05) is 60.7 Å². The number of nitrogens with one attached hydrogen (secondary N) is 1. The minimum Gasteiger partial charge on any atom is -0.382 e. The van der Waals surface area contributed by atoms with Crippen LogP contribution in [0.4, 0.5) is 0 Å². The molecular weight excluding hydrogens is 324 g/mol. The molecule has 1 heterocycles. The van der Waals surface area contributed by atoms with Crippen LogP contribution in [0.25, 0.3) is 22.5 Å². The summed E-state index contributed by atoms with van der Waals surface area (Å²) >= 11 is 0. The second-order valence-electron chi connectivity index (χ2n) is 6.20. The lowest BCUT2D eigenvalue weighted by Gasteiger charge is -2.02. The SMILES string of the molecule is COCCOCCCCc1nc(-c2ccccc2)c(-c2ccccc2)[nH]1. The van der Waals surface area contributed by atoms with Crippen molar-refractivity contribution >= 4 is 0 Å². The zero-order valence-electron chi connectivity index (χ0n) is 15.3. The van der Waals surface area contributed by atoms with Crippen LogP contribution in [-0.4, -0.2) is 36.9 Å². The maximum atomic E-state index is 5.52. The van der Waals surface area contributed by atoms with E-state index < -0.39 is 0 Å². The zero-order chi connectivity index (χ0) is 18.0. The predicted molar refractivity (Wildman–Crippen MR) is 105 cm³/mol. The van der Waals surface area contributed by atoms with Gasteiger partial charge in [-0.25, -0.2) is 4.98 Å². The molecule has 1 N–H and O–H groups in total. The summed E-state index contributed by atoms with van der Waals surface area (Å²) in [6, 6.07) is 20.7. The first kappa shape index (κ1) is 18.4. The lowest BCUT2D eigenvalue weighted by Crippen LogP contribution is -2.03. The van der Waals surface area contributed by atoms with Crippen molar-refractivity contribution in [3.8, 4) is 22.5 Å². The van der Waals surface area contributed by atoms with E-state index in [1.54, 1.807) is 7.11 Å². The molecule has 0 saturated heterocycles. The first-order valence-electron chi connectivity index (χ1n) is 9.15. The Morgan fingerprint density at radius 3 is 2.19 bits per heavy atom. The third kappa shape index (κ3) is 5.04. The highest BCUT2D eigenvalue weighted by Gasteiger charge is 2.13. The van der Waals surface area contributed by atoms with Crippen molar-refractivity contribution < 1.29 is 9.47 Å². The molecule has 0 spiro atoms. The summed E-state index contributed by atoms with van der Waals surface area (Å²) in [5.41, 5.74) is 4.40. The Morgan fingerprint density at radius 2 is 1.50 bits per heavy atom. The molecule has 0 bridgehead atoms. The van der Waals surface area contributed by atoms with Gasteiger partial charge >= 0.3 is 0 Å². The summed E-state index contributed by atoms with van der Waals surface area (Å²) in [4.78, 5) is 8.42. The number of methoxy groups -OCH3 is 1. The van der Waals surface area contributed by atoms with Crippen molar-refractivity contribution in [1.82, 2.24) is 9.97 Å². The van der Waals surface area contributed by atoms with E-state index in [1.807, 2.05) is 12.1 Å². The topological polar surface area (TPSA) is 47.1 Å². The number of hydrogen-bond donors (Lipinski definition) is 1. The Labute approximate surface area is 155 Å². The van der Waals surface area contributed by atoms with Crippen LogP contribution in [0.5, 0.6) is 0 Å². The number of aromatic nitrogens is 2. The molecule has 136 valence electrons. The summed E-state index contributed by atoms with van der Waals surface area (Å²) in [5, 5.41) is 0. The molecule has 0 aliphatic rings. The summed E-state index contributed by atoms with van der Waals surface area (Å²) in [7, 11) is 1.69. The van der Waals surface area contributed by atoms with Gasteiger partial charge in [0.1, 0.15) is 5.82 Å². The minimum absolute atomic E-state index is 0.652. The molecule has 0 amide bonds. The fourth-order valence-corrected chi connectivity index (χ4v) is 2.90. The van der Waals surface area contributed by atoms with E-state index in [0.29, 0.717) is 13.2 Å². The number of benzene rings is 2. The first-order valence-corrected chi connectivity index (χ1v) is 9.15. The Hall–Kier alpha value is -2.43. The quantitative estimate of drug-likeness (QED) is 0.538. The van der Waals surface area contributed by atoms with Gasteiger partial charge in [0.15, 0.2) is 0 Å². The fourth-order valence-electron chi connectivity index (χ4n) is 2.90. The average molecular weight is 350 g/mol. The molecule has 26 heavy (non-hydrogen) atoms. The molecule has 0 saturated carbocycles. The highest BCUT2D eigenvalue weighted by molar-refractivity contribution is 5.78. The lowest BCUT2D eigenvalue weighted by atomic mass is 10.1. The van der Waals surface area contributed by atoms with Crippen molar-refractivity contribution in [3.05, 3.63) is 66.5 Å². The molecule has 0 aliphatic heterocycles. The number of ether oxygens (including phenoxy) is 2. The van der Waals surface area contributed by atoms with E-state index in [1.165, 1.54) is 0 Å². The maximum absolute atomic E-state index is 5.52. The summed E-state index contributed by atoms with van der Waals surface area (Å²) in [6.07, 6.45) is 2.98. The molecule has 0 fully saturated rings. The third-order valence-electron chi connectivity index (χ3n) is 4.25. The summed E-state index contributed by atoms with van der Waals surface area (Å²) < 4.78 is 10.5. The molecule has 4 nitrogen and oxygen atoms in total. The van der Waals surface area contributed by atoms with Crippen LogP contribution in [0.3, 0.4) is 0 Å². The van der Waals surface area contributed by atoms with Gasteiger partial charge in [0.2, 0.25) is 0 Å². The smallest absolute Gasteiger partial charge is 0.107 e. The van der Waals surface area contributed by atoms with Gasteiger partial charge in [-0.3, -0.25) is 0 Å². The molecule has 3 aromatic rings. The zero-order valence-corrected chi connectivity index (χ0v) is 15.3. The van der Waals surface area contributed by atoms with Crippen molar-refractivity contribution in [2.24, 2.45) is 0 Å². The Bertz CT molecular complexity index is 712. The van der Waals surface area contributed by atoms with E-state index >= 15 is 0 Å². The second-order valence-corrected chi connectivity index (χ2v) is 6.20. The molecule has 4 heteroatoms. The van der Waals surface area contributed by atoms with Crippen LogP contribution in [0.1, 0.15) is 18.7 Å². The van der Waals surface area contributed by atoms with Crippen LogP contribution >= 0.6 is 0 Å². The van der Waals surface area contributed by atoms with Gasteiger partial charge in [0.05, 0.1) is 24.6 Å². The number of aryl methyl sites for hydroxylation is 1. The van der Waals surface area contributed by atoms with Gasteiger partial charge in [0.25, 0.3) is 0 Å². The van der Waals surface area contributed by atoms with Gasteiger partial charge in [-0.2, -0.15) is 0 Å². The third-order valence-corrected chi connectivity index (χ3v) is 4.25. The number of unbranched alkanes of at least 4 members (excludes halogenated alkanes) is 1. The number of nitrogens with zero attached hydrogens (tertiary/aromatic N) is 1.